The summed E-state index contributed by atoms with van der Waals surface area (Å²) in [4.78, 5) is 19.8. The Kier molecular flexibility index (Phi) is 6.14. The summed E-state index contributed by atoms with van der Waals surface area (Å²) in [5, 5.41) is 11.0. The van der Waals surface area contributed by atoms with Gasteiger partial charge in [-0.2, -0.15) is 9.61 Å². The van der Waals surface area contributed by atoms with E-state index in [9.17, 15) is 4.79 Å². The normalized spacial score (nSPS) is 15.9. The van der Waals surface area contributed by atoms with Gasteiger partial charge in [0.25, 0.3) is 5.91 Å². The van der Waals surface area contributed by atoms with Gasteiger partial charge in [0.1, 0.15) is 11.6 Å². The average molecular weight is 456 g/mol. The third-order valence-corrected chi connectivity index (χ3v) is 6.12. The maximum atomic E-state index is 12.6. The Morgan fingerprint density at radius 2 is 1.94 bits per heavy atom. The molecule has 1 amide bonds. The van der Waals surface area contributed by atoms with Crippen molar-refractivity contribution in [3.05, 3.63) is 78.0 Å². The highest BCUT2D eigenvalue weighted by atomic mass is 16.1. The number of hydrogen-bond donors (Lipinski definition) is 3. The number of carbonyl (C=O) groups is 1. The fourth-order valence-electron chi connectivity index (χ4n) is 4.33. The van der Waals surface area contributed by atoms with Crippen molar-refractivity contribution in [2.24, 2.45) is 5.73 Å². The van der Waals surface area contributed by atoms with Crippen molar-refractivity contribution in [1.82, 2.24) is 14.6 Å². The molecular weight excluding hydrogens is 426 g/mol. The van der Waals surface area contributed by atoms with Crippen LogP contribution in [0.4, 0.5) is 23.0 Å². The van der Waals surface area contributed by atoms with Gasteiger partial charge in [0, 0.05) is 47.7 Å². The van der Waals surface area contributed by atoms with Crippen LogP contribution in [-0.2, 0) is 6.42 Å². The Bertz CT molecular complexity index is 1300. The number of fused-ring (bicyclic) bond motifs is 1. The summed E-state index contributed by atoms with van der Waals surface area (Å²) < 4.78 is 1.83. The molecule has 174 valence electrons. The number of anilines is 4. The molecule has 1 atom stereocenters. The minimum absolute atomic E-state index is 0.146. The van der Waals surface area contributed by atoms with Crippen LogP contribution >= 0.6 is 0 Å². The van der Waals surface area contributed by atoms with Gasteiger partial charge in [0.05, 0.1) is 6.20 Å². The number of benzene rings is 2. The van der Waals surface area contributed by atoms with E-state index in [0.717, 1.165) is 60.9 Å². The van der Waals surface area contributed by atoms with Gasteiger partial charge in [-0.1, -0.05) is 31.2 Å². The summed E-state index contributed by atoms with van der Waals surface area (Å²) in [5.74, 6) is 1.56. The smallest absolute Gasteiger partial charge is 0.255 e. The molecule has 8 nitrogen and oxygen atoms in total. The topological polar surface area (TPSA) is 101 Å². The highest BCUT2D eigenvalue weighted by Gasteiger charge is 2.20. The van der Waals surface area contributed by atoms with Crippen molar-refractivity contribution >= 4 is 34.6 Å². The van der Waals surface area contributed by atoms with Crippen molar-refractivity contribution in [1.29, 1.82) is 0 Å². The first-order valence-corrected chi connectivity index (χ1v) is 11.7. The molecule has 2 aromatic heterocycles. The number of hydrogen-bond acceptors (Lipinski definition) is 6. The van der Waals surface area contributed by atoms with E-state index in [4.69, 9.17) is 10.7 Å². The van der Waals surface area contributed by atoms with Crippen LogP contribution in [0.5, 0.6) is 0 Å². The van der Waals surface area contributed by atoms with E-state index < -0.39 is 0 Å². The summed E-state index contributed by atoms with van der Waals surface area (Å²) in [7, 11) is 0. The molecule has 0 bridgehead atoms. The van der Waals surface area contributed by atoms with Crippen LogP contribution in [0.15, 0.2) is 66.9 Å². The van der Waals surface area contributed by atoms with Crippen molar-refractivity contribution in [3.63, 3.8) is 0 Å². The first kappa shape index (κ1) is 21.9. The average Bonchev–Trinajstić information content (AvgIpc) is 3.28. The molecule has 0 aliphatic carbocycles. The maximum absolute atomic E-state index is 12.6. The summed E-state index contributed by atoms with van der Waals surface area (Å²) >= 11 is 0. The predicted molar refractivity (Wildman–Crippen MR) is 136 cm³/mol. The van der Waals surface area contributed by atoms with Crippen LogP contribution in [0.25, 0.3) is 5.65 Å². The lowest BCUT2D eigenvalue weighted by Crippen LogP contribution is -2.43. The Balaban J connectivity index is 1.44. The highest BCUT2D eigenvalue weighted by Crippen LogP contribution is 2.27. The Hall–Kier alpha value is -3.91. The SMILES string of the molecule is CCc1cnn2c(Nc3cccc(NC(=O)c4ccccc4)c3)cc(N3CCCC(N)C3)nc12. The lowest BCUT2D eigenvalue weighted by Gasteiger charge is -2.32. The Labute approximate surface area is 198 Å². The molecule has 1 saturated heterocycles. The van der Waals surface area contributed by atoms with Crippen molar-refractivity contribution in [3.8, 4) is 0 Å². The third-order valence-electron chi connectivity index (χ3n) is 6.12. The van der Waals surface area contributed by atoms with E-state index in [1.807, 2.05) is 59.2 Å². The van der Waals surface area contributed by atoms with Gasteiger partial charge >= 0.3 is 0 Å². The van der Waals surface area contributed by atoms with E-state index >= 15 is 0 Å². The van der Waals surface area contributed by atoms with Crippen LogP contribution in [0.2, 0.25) is 0 Å². The zero-order chi connectivity index (χ0) is 23.5. The van der Waals surface area contributed by atoms with Crippen molar-refractivity contribution in [2.45, 2.75) is 32.2 Å². The Morgan fingerprint density at radius 1 is 1.12 bits per heavy atom. The van der Waals surface area contributed by atoms with Crippen molar-refractivity contribution < 1.29 is 4.79 Å². The molecule has 34 heavy (non-hydrogen) atoms. The number of amides is 1. The van der Waals surface area contributed by atoms with E-state index in [-0.39, 0.29) is 11.9 Å². The van der Waals surface area contributed by atoms with Crippen LogP contribution in [0, 0.1) is 0 Å². The van der Waals surface area contributed by atoms with Gasteiger partial charge in [-0.25, -0.2) is 4.98 Å². The predicted octanol–water partition coefficient (Wildman–Crippen LogP) is 4.22. The summed E-state index contributed by atoms with van der Waals surface area (Å²) in [5.41, 5.74) is 10.3. The molecule has 3 heterocycles. The number of nitrogens with two attached hydrogens (primary N) is 1. The molecule has 0 spiro atoms. The van der Waals surface area contributed by atoms with Gasteiger partial charge in [0.15, 0.2) is 5.65 Å². The quantitative estimate of drug-likeness (QED) is 0.403. The molecule has 0 radical (unpaired) electrons. The molecule has 1 unspecified atom stereocenters. The molecule has 8 heteroatoms. The van der Waals surface area contributed by atoms with E-state index in [1.165, 1.54) is 0 Å². The number of carbonyl (C=O) groups excluding carboxylic acids is 1. The Morgan fingerprint density at radius 3 is 2.74 bits per heavy atom. The molecular formula is C26H29N7O. The summed E-state index contributed by atoms with van der Waals surface area (Å²) in [6.45, 7) is 3.83. The largest absolute Gasteiger partial charge is 0.355 e. The van der Waals surface area contributed by atoms with Gasteiger partial charge in [-0.3, -0.25) is 4.79 Å². The summed E-state index contributed by atoms with van der Waals surface area (Å²) in [6, 6.07) is 19.0. The third kappa shape index (κ3) is 4.58. The van der Waals surface area contributed by atoms with Gasteiger partial charge in [-0.15, -0.1) is 0 Å². The second-order valence-electron chi connectivity index (χ2n) is 8.63. The highest BCUT2D eigenvalue weighted by molar-refractivity contribution is 6.04. The van der Waals surface area contributed by atoms with Gasteiger partial charge in [0.2, 0.25) is 0 Å². The monoisotopic (exact) mass is 455 g/mol. The molecule has 1 fully saturated rings. The fraction of sp³-hybridized carbons (Fsp3) is 0.269. The number of aromatic nitrogens is 3. The minimum Gasteiger partial charge on any atom is -0.355 e. The fourth-order valence-corrected chi connectivity index (χ4v) is 4.33. The second-order valence-corrected chi connectivity index (χ2v) is 8.63. The molecule has 1 aliphatic heterocycles. The number of piperidine rings is 1. The lowest BCUT2D eigenvalue weighted by molar-refractivity contribution is 0.102. The molecule has 1 aliphatic rings. The van der Waals surface area contributed by atoms with E-state index in [1.54, 1.807) is 12.1 Å². The van der Waals surface area contributed by atoms with Crippen LogP contribution in [0.1, 0.15) is 35.7 Å². The minimum atomic E-state index is -0.146. The van der Waals surface area contributed by atoms with Crippen molar-refractivity contribution in [2.75, 3.05) is 28.6 Å². The zero-order valence-electron chi connectivity index (χ0n) is 19.2. The van der Waals surface area contributed by atoms with Gasteiger partial charge < -0.3 is 21.3 Å². The molecule has 0 saturated carbocycles. The number of aryl methyl sites for hydroxylation is 1. The molecule has 4 aromatic rings. The van der Waals surface area contributed by atoms with Crippen LogP contribution in [0.3, 0.4) is 0 Å². The molecule has 5 rings (SSSR count). The van der Waals surface area contributed by atoms with Crippen LogP contribution < -0.4 is 21.3 Å². The number of rotatable bonds is 6. The maximum Gasteiger partial charge on any atom is 0.255 e. The number of nitrogens with one attached hydrogen (secondary N) is 2. The summed E-state index contributed by atoms with van der Waals surface area (Å²) in [6.07, 6.45) is 4.81. The number of nitrogens with zero attached hydrogens (tertiary/aromatic N) is 4. The lowest BCUT2D eigenvalue weighted by atomic mass is 10.1. The van der Waals surface area contributed by atoms with Gasteiger partial charge in [-0.05, 0) is 49.6 Å². The van der Waals surface area contributed by atoms with Crippen LogP contribution in [-0.4, -0.2) is 39.6 Å². The zero-order valence-corrected chi connectivity index (χ0v) is 19.2. The molecule has 2 aromatic carbocycles. The van der Waals surface area contributed by atoms with E-state index in [2.05, 4.69) is 27.6 Å². The first-order valence-electron chi connectivity index (χ1n) is 11.7. The standard InChI is InChI=1S/C26H29N7O/c1-2-18-16-28-33-24(15-23(31-25(18)33)32-13-7-10-20(27)17-32)29-21-11-6-12-22(14-21)30-26(34)19-8-4-3-5-9-19/h3-6,8-9,11-12,14-16,20,29H,2,7,10,13,17,27H2,1H3,(H,30,34). The second kappa shape index (κ2) is 9.52. The molecule has 4 N–H and O–H groups in total. The van der Waals surface area contributed by atoms with E-state index in [0.29, 0.717) is 11.3 Å². The first-order chi connectivity index (χ1) is 16.6.